The number of aldehydes is 1. The summed E-state index contributed by atoms with van der Waals surface area (Å²) in [5, 5.41) is 12.1. The van der Waals surface area contributed by atoms with Gasteiger partial charge in [0.05, 0.1) is 12.8 Å². The Balaban J connectivity index is 1.43. The van der Waals surface area contributed by atoms with Gasteiger partial charge in [0.2, 0.25) is 0 Å². The van der Waals surface area contributed by atoms with Crippen LogP contribution in [-0.4, -0.2) is 44.9 Å². The monoisotopic (exact) mass is 476 g/mol. The van der Waals surface area contributed by atoms with Crippen molar-refractivity contribution in [1.82, 2.24) is 25.0 Å². The van der Waals surface area contributed by atoms with E-state index in [1.165, 1.54) is 0 Å². The zero-order valence-electron chi connectivity index (χ0n) is 19.7. The summed E-state index contributed by atoms with van der Waals surface area (Å²) in [6, 6.07) is 24.7. The predicted octanol–water partition coefficient (Wildman–Crippen LogP) is 4.93. The second-order valence-electron chi connectivity index (χ2n) is 8.08. The molecule has 8 nitrogen and oxygen atoms in total. The fraction of sp³-hybridized carbons (Fsp3) is 0.107. The van der Waals surface area contributed by atoms with Crippen molar-refractivity contribution >= 4 is 12.1 Å². The van der Waals surface area contributed by atoms with Crippen molar-refractivity contribution in [1.29, 1.82) is 0 Å². The van der Waals surface area contributed by atoms with E-state index in [1.54, 1.807) is 24.2 Å². The van der Waals surface area contributed by atoms with Crippen LogP contribution in [0.1, 0.15) is 6.04 Å². The zero-order valence-corrected chi connectivity index (χ0v) is 19.7. The van der Waals surface area contributed by atoms with E-state index in [0.29, 0.717) is 18.1 Å². The molecule has 0 amide bonds. The van der Waals surface area contributed by atoms with Crippen LogP contribution in [0.4, 0.5) is 5.82 Å². The Morgan fingerprint density at radius 2 is 1.64 bits per heavy atom. The van der Waals surface area contributed by atoms with E-state index in [4.69, 9.17) is 4.74 Å². The van der Waals surface area contributed by atoms with Gasteiger partial charge in [-0.05, 0) is 54.1 Å². The molecule has 0 radical (unpaired) electrons. The summed E-state index contributed by atoms with van der Waals surface area (Å²) < 4.78 is 6.95. The van der Waals surface area contributed by atoms with Crippen LogP contribution >= 0.6 is 0 Å². The topological polar surface area (TPSA) is 94.8 Å². The number of carbonyl (C=O) groups is 1. The Morgan fingerprint density at radius 3 is 2.31 bits per heavy atom. The lowest BCUT2D eigenvalue weighted by molar-refractivity contribution is -0.110. The number of carbonyl (C=O) groups excluding carboxylic acids is 1. The number of hydrogen-bond acceptors (Lipinski definition) is 7. The number of nitrogens with one attached hydrogen (secondary N) is 1. The fourth-order valence-electron chi connectivity index (χ4n) is 3.95. The molecule has 5 rings (SSSR count). The quantitative estimate of drug-likeness (QED) is 0.301. The van der Waals surface area contributed by atoms with Crippen molar-refractivity contribution in [2.24, 2.45) is 0 Å². The molecule has 0 aliphatic heterocycles. The molecule has 0 fully saturated rings. The summed E-state index contributed by atoms with van der Waals surface area (Å²) in [6.07, 6.45) is 6.09. The molecule has 0 spiro atoms. The first kappa shape index (κ1) is 22.9. The summed E-state index contributed by atoms with van der Waals surface area (Å²) in [5.74, 6) is 1.41. The number of nitrogens with zero attached hydrogens (tertiary/aromatic N) is 5. The Hall–Kier alpha value is -4.85. The molecule has 36 heavy (non-hydrogen) atoms. The minimum atomic E-state index is -0.610. The maximum Gasteiger partial charge on any atom is 0.146 e. The zero-order chi connectivity index (χ0) is 24.7. The van der Waals surface area contributed by atoms with Gasteiger partial charge in [0.25, 0.3) is 0 Å². The highest BCUT2D eigenvalue weighted by Crippen LogP contribution is 2.32. The first-order valence-corrected chi connectivity index (χ1v) is 11.5. The lowest BCUT2D eigenvalue weighted by atomic mass is 10.0. The fourth-order valence-corrected chi connectivity index (χ4v) is 3.95. The van der Waals surface area contributed by atoms with Crippen LogP contribution in [0, 0.1) is 0 Å². The molecule has 0 aliphatic carbocycles. The number of pyridine rings is 2. The van der Waals surface area contributed by atoms with Crippen LogP contribution in [0.5, 0.6) is 5.75 Å². The van der Waals surface area contributed by atoms with Gasteiger partial charge < -0.3 is 14.8 Å². The third-order valence-corrected chi connectivity index (χ3v) is 5.85. The molecule has 2 aromatic carbocycles. The standard InChI is InChI=1S/C28H24N6O2/c1-36-25-10-7-22(8-11-25)28-27(21-13-15-29-16-14-21)32-33-34(28)24(19-35)18-31-26-12-9-23(17-30-26)20-5-3-2-4-6-20/h2-17,19,24H,18H2,1H3,(H,30,31). The van der Waals surface area contributed by atoms with Gasteiger partial charge in [0, 0.05) is 41.8 Å². The highest BCUT2D eigenvalue weighted by Gasteiger charge is 2.22. The van der Waals surface area contributed by atoms with Gasteiger partial charge in [0.15, 0.2) is 0 Å². The average Bonchev–Trinajstić information content (AvgIpc) is 3.40. The lowest BCUT2D eigenvalue weighted by Crippen LogP contribution is -2.22. The Kier molecular flexibility index (Phi) is 6.75. The Labute approximate surface area is 208 Å². The molecule has 1 N–H and O–H groups in total. The minimum Gasteiger partial charge on any atom is -0.497 e. The van der Waals surface area contributed by atoms with E-state index in [1.807, 2.05) is 85.1 Å². The molecular weight excluding hydrogens is 452 g/mol. The molecule has 178 valence electrons. The van der Waals surface area contributed by atoms with Gasteiger partial charge in [-0.3, -0.25) is 4.98 Å². The van der Waals surface area contributed by atoms with Crippen molar-refractivity contribution in [3.05, 3.63) is 97.5 Å². The summed E-state index contributed by atoms with van der Waals surface area (Å²) in [6.45, 7) is 0.295. The van der Waals surface area contributed by atoms with Gasteiger partial charge in [0.1, 0.15) is 29.6 Å². The molecule has 1 atom stereocenters. The van der Waals surface area contributed by atoms with E-state index >= 15 is 0 Å². The third kappa shape index (κ3) is 4.83. The number of hydrogen-bond donors (Lipinski definition) is 1. The summed E-state index contributed by atoms with van der Waals surface area (Å²) in [4.78, 5) is 20.8. The third-order valence-electron chi connectivity index (χ3n) is 5.85. The van der Waals surface area contributed by atoms with E-state index in [0.717, 1.165) is 40.0 Å². The number of aromatic nitrogens is 5. The average molecular weight is 477 g/mol. The normalized spacial score (nSPS) is 11.6. The van der Waals surface area contributed by atoms with Gasteiger partial charge in [-0.25, -0.2) is 9.67 Å². The highest BCUT2D eigenvalue weighted by atomic mass is 16.5. The molecule has 0 saturated carbocycles. The summed E-state index contributed by atoms with van der Waals surface area (Å²) in [7, 11) is 1.62. The van der Waals surface area contributed by atoms with Crippen molar-refractivity contribution in [3.8, 4) is 39.4 Å². The number of rotatable bonds is 9. The van der Waals surface area contributed by atoms with E-state index in [9.17, 15) is 4.79 Å². The SMILES string of the molecule is COc1ccc(-c2c(-c3ccncc3)nnn2C(C=O)CNc2ccc(-c3ccccc3)cn2)cc1. The molecule has 3 heterocycles. The van der Waals surface area contributed by atoms with Crippen molar-refractivity contribution in [2.45, 2.75) is 6.04 Å². The van der Waals surface area contributed by atoms with Crippen LogP contribution in [-0.2, 0) is 4.79 Å². The van der Waals surface area contributed by atoms with E-state index in [-0.39, 0.29) is 0 Å². The number of ether oxygens (including phenoxy) is 1. The molecule has 1 unspecified atom stereocenters. The van der Waals surface area contributed by atoms with E-state index < -0.39 is 6.04 Å². The van der Waals surface area contributed by atoms with Gasteiger partial charge in [-0.2, -0.15) is 0 Å². The largest absolute Gasteiger partial charge is 0.497 e. The van der Waals surface area contributed by atoms with Crippen LogP contribution in [0.25, 0.3) is 33.6 Å². The van der Waals surface area contributed by atoms with Crippen LogP contribution < -0.4 is 10.1 Å². The number of methoxy groups -OCH3 is 1. The van der Waals surface area contributed by atoms with Gasteiger partial charge >= 0.3 is 0 Å². The maximum atomic E-state index is 12.2. The van der Waals surface area contributed by atoms with Crippen LogP contribution in [0.2, 0.25) is 0 Å². The number of anilines is 1. The molecule has 8 heteroatoms. The van der Waals surface area contributed by atoms with Crippen LogP contribution in [0.3, 0.4) is 0 Å². The van der Waals surface area contributed by atoms with Gasteiger partial charge in [-0.1, -0.05) is 35.5 Å². The minimum absolute atomic E-state index is 0.295. The van der Waals surface area contributed by atoms with E-state index in [2.05, 4.69) is 25.6 Å². The Morgan fingerprint density at radius 1 is 0.889 bits per heavy atom. The summed E-state index contributed by atoms with van der Waals surface area (Å²) in [5.41, 5.74) is 5.24. The lowest BCUT2D eigenvalue weighted by Gasteiger charge is -2.16. The second kappa shape index (κ2) is 10.6. The molecular formula is C28H24N6O2. The molecule has 0 saturated heterocycles. The van der Waals surface area contributed by atoms with Crippen molar-refractivity contribution in [3.63, 3.8) is 0 Å². The molecule has 0 bridgehead atoms. The molecule has 5 aromatic rings. The van der Waals surface area contributed by atoms with Crippen LogP contribution in [0.15, 0.2) is 97.5 Å². The Bertz CT molecular complexity index is 1420. The smallest absolute Gasteiger partial charge is 0.146 e. The summed E-state index contributed by atoms with van der Waals surface area (Å²) >= 11 is 0. The second-order valence-corrected chi connectivity index (χ2v) is 8.08. The highest BCUT2D eigenvalue weighted by molar-refractivity contribution is 5.79. The number of benzene rings is 2. The molecule has 3 aromatic heterocycles. The maximum absolute atomic E-state index is 12.2. The first-order chi connectivity index (χ1) is 17.8. The first-order valence-electron chi connectivity index (χ1n) is 11.5. The molecule has 0 aliphatic rings. The van der Waals surface area contributed by atoms with Crippen molar-refractivity contribution in [2.75, 3.05) is 19.0 Å². The van der Waals surface area contributed by atoms with Gasteiger partial charge in [-0.15, -0.1) is 5.10 Å². The van der Waals surface area contributed by atoms with Crippen molar-refractivity contribution < 1.29 is 9.53 Å². The predicted molar refractivity (Wildman–Crippen MR) is 139 cm³/mol.